The third-order valence-corrected chi connectivity index (χ3v) is 4.31. The van der Waals surface area contributed by atoms with E-state index >= 15 is 0 Å². The number of benzene rings is 2. The molecule has 0 saturated heterocycles. The van der Waals surface area contributed by atoms with Crippen molar-refractivity contribution in [3.63, 3.8) is 0 Å². The fraction of sp³-hybridized carbons (Fsp3) is 0.333. The van der Waals surface area contributed by atoms with Gasteiger partial charge in [-0.15, -0.1) is 0 Å². The lowest BCUT2D eigenvalue weighted by Crippen LogP contribution is -2.17. The van der Waals surface area contributed by atoms with Crippen LogP contribution < -0.4 is 4.74 Å². The number of hydrogen-bond donors (Lipinski definition) is 1. The summed E-state index contributed by atoms with van der Waals surface area (Å²) in [5, 5.41) is 10.7. The largest absolute Gasteiger partial charge is 0.494 e. The van der Waals surface area contributed by atoms with Crippen LogP contribution in [0.25, 0.3) is 0 Å². The normalized spacial score (nSPS) is 18.9. The van der Waals surface area contributed by atoms with Crippen molar-refractivity contribution >= 4 is 0 Å². The Bertz CT molecular complexity index is 639. The summed E-state index contributed by atoms with van der Waals surface area (Å²) in [5.41, 5.74) is 3.09. The first-order valence-corrected chi connectivity index (χ1v) is 7.30. The molecule has 0 amide bonds. The molecular formula is C18H19FO2. The molecule has 2 unspecified atom stereocenters. The van der Waals surface area contributed by atoms with E-state index < -0.39 is 11.9 Å². The highest BCUT2D eigenvalue weighted by Crippen LogP contribution is 2.40. The molecule has 2 nitrogen and oxygen atoms in total. The van der Waals surface area contributed by atoms with Crippen LogP contribution >= 0.6 is 0 Å². The molecule has 3 heteroatoms. The quantitative estimate of drug-likeness (QED) is 0.924. The molecule has 0 fully saturated rings. The van der Waals surface area contributed by atoms with Crippen LogP contribution in [0.1, 0.15) is 41.6 Å². The predicted molar refractivity (Wildman–Crippen MR) is 80.0 cm³/mol. The monoisotopic (exact) mass is 286 g/mol. The summed E-state index contributed by atoms with van der Waals surface area (Å²) in [7, 11) is 1.44. The second-order valence-electron chi connectivity index (χ2n) is 5.54. The van der Waals surface area contributed by atoms with Gasteiger partial charge in [0.25, 0.3) is 0 Å². The van der Waals surface area contributed by atoms with Gasteiger partial charge in [-0.1, -0.05) is 30.3 Å². The molecule has 1 aliphatic carbocycles. The zero-order valence-corrected chi connectivity index (χ0v) is 12.1. The second-order valence-corrected chi connectivity index (χ2v) is 5.54. The van der Waals surface area contributed by atoms with Gasteiger partial charge in [-0.05, 0) is 48.1 Å². The molecule has 3 rings (SSSR count). The number of methoxy groups -OCH3 is 1. The molecule has 1 aliphatic rings. The lowest BCUT2D eigenvalue weighted by molar-refractivity contribution is 0.135. The second kappa shape index (κ2) is 5.86. The molecule has 0 bridgehead atoms. The highest BCUT2D eigenvalue weighted by Gasteiger charge is 2.27. The van der Waals surface area contributed by atoms with E-state index in [4.69, 9.17) is 4.74 Å². The standard InChI is InChI=1S/C18H19FO2/c1-21-17-10-9-13(11-16(17)19)18(20)15-8-4-6-12-5-2-3-7-14(12)15/h2-3,5,7,9-11,15,18,20H,4,6,8H2,1H3. The lowest BCUT2D eigenvalue weighted by Gasteiger charge is -2.29. The van der Waals surface area contributed by atoms with Crippen LogP contribution in [0.2, 0.25) is 0 Å². The molecular weight excluding hydrogens is 267 g/mol. The molecule has 21 heavy (non-hydrogen) atoms. The van der Waals surface area contributed by atoms with Crippen molar-refractivity contribution in [1.29, 1.82) is 0 Å². The Morgan fingerprint density at radius 2 is 2.05 bits per heavy atom. The maximum Gasteiger partial charge on any atom is 0.165 e. The zero-order valence-electron chi connectivity index (χ0n) is 12.1. The summed E-state index contributed by atoms with van der Waals surface area (Å²) < 4.78 is 18.8. The van der Waals surface area contributed by atoms with E-state index in [1.54, 1.807) is 12.1 Å². The van der Waals surface area contributed by atoms with Crippen LogP contribution in [0.5, 0.6) is 5.75 Å². The van der Waals surface area contributed by atoms with Crippen LogP contribution in [-0.2, 0) is 6.42 Å². The Hall–Kier alpha value is -1.87. The minimum absolute atomic E-state index is 0.0303. The van der Waals surface area contributed by atoms with Gasteiger partial charge in [-0.2, -0.15) is 0 Å². The lowest BCUT2D eigenvalue weighted by atomic mass is 9.78. The third kappa shape index (κ3) is 2.66. The molecule has 2 atom stereocenters. The van der Waals surface area contributed by atoms with Gasteiger partial charge in [0.1, 0.15) is 0 Å². The predicted octanol–water partition coefficient (Wildman–Crippen LogP) is 3.99. The van der Waals surface area contributed by atoms with Crippen LogP contribution in [0, 0.1) is 5.82 Å². The van der Waals surface area contributed by atoms with Gasteiger partial charge in [0.15, 0.2) is 11.6 Å². The molecule has 1 N–H and O–H groups in total. The highest BCUT2D eigenvalue weighted by molar-refractivity contribution is 5.37. The molecule has 0 radical (unpaired) electrons. The molecule has 0 aromatic heterocycles. The van der Waals surface area contributed by atoms with Crippen LogP contribution in [0.4, 0.5) is 4.39 Å². The summed E-state index contributed by atoms with van der Waals surface area (Å²) in [5.74, 6) is -0.198. The van der Waals surface area contributed by atoms with Crippen molar-refractivity contribution in [1.82, 2.24) is 0 Å². The minimum atomic E-state index is -0.688. The van der Waals surface area contributed by atoms with Crippen molar-refractivity contribution in [3.8, 4) is 5.75 Å². The third-order valence-electron chi connectivity index (χ3n) is 4.31. The van der Waals surface area contributed by atoms with Crippen molar-refractivity contribution in [2.45, 2.75) is 31.3 Å². The summed E-state index contributed by atoms with van der Waals surface area (Å²) in [6, 6.07) is 12.9. The molecule has 2 aromatic rings. The Balaban J connectivity index is 1.92. The van der Waals surface area contributed by atoms with E-state index in [9.17, 15) is 9.50 Å². The van der Waals surface area contributed by atoms with Gasteiger partial charge in [-0.25, -0.2) is 4.39 Å². The number of hydrogen-bond acceptors (Lipinski definition) is 2. The van der Waals surface area contributed by atoms with E-state index in [0.717, 1.165) is 19.3 Å². The maximum atomic E-state index is 13.8. The number of ether oxygens (including phenoxy) is 1. The first kappa shape index (κ1) is 14.1. The fourth-order valence-electron chi connectivity index (χ4n) is 3.22. The average molecular weight is 286 g/mol. The Morgan fingerprint density at radius 1 is 1.24 bits per heavy atom. The molecule has 110 valence electrons. The molecule has 0 spiro atoms. The van der Waals surface area contributed by atoms with Gasteiger partial charge in [-0.3, -0.25) is 0 Å². The Morgan fingerprint density at radius 3 is 2.81 bits per heavy atom. The maximum absolute atomic E-state index is 13.8. The molecule has 2 aromatic carbocycles. The summed E-state index contributed by atoms with van der Waals surface area (Å²) in [4.78, 5) is 0. The SMILES string of the molecule is COc1ccc(C(O)C2CCCc3ccccc32)cc1F. The summed E-state index contributed by atoms with van der Waals surface area (Å²) in [6.45, 7) is 0. The number of fused-ring (bicyclic) bond motifs is 1. The van der Waals surface area contributed by atoms with Gasteiger partial charge in [0, 0.05) is 5.92 Å². The Labute approximate surface area is 124 Å². The number of aryl methyl sites for hydroxylation is 1. The van der Waals surface area contributed by atoms with Crippen molar-refractivity contribution in [3.05, 3.63) is 65.0 Å². The van der Waals surface area contributed by atoms with Gasteiger partial charge < -0.3 is 9.84 Å². The Kier molecular flexibility index (Phi) is 3.93. The highest BCUT2D eigenvalue weighted by atomic mass is 19.1. The number of aliphatic hydroxyl groups excluding tert-OH is 1. The zero-order chi connectivity index (χ0) is 14.8. The summed E-state index contributed by atoms with van der Waals surface area (Å²) >= 11 is 0. The van der Waals surface area contributed by atoms with Crippen molar-refractivity contribution < 1.29 is 14.2 Å². The van der Waals surface area contributed by atoms with E-state index in [-0.39, 0.29) is 11.7 Å². The van der Waals surface area contributed by atoms with Crippen molar-refractivity contribution in [2.75, 3.05) is 7.11 Å². The van der Waals surface area contributed by atoms with Crippen LogP contribution in [0.15, 0.2) is 42.5 Å². The van der Waals surface area contributed by atoms with E-state index in [1.807, 2.05) is 12.1 Å². The first-order chi connectivity index (χ1) is 10.2. The summed E-state index contributed by atoms with van der Waals surface area (Å²) in [6.07, 6.45) is 2.34. The minimum Gasteiger partial charge on any atom is -0.494 e. The van der Waals surface area contributed by atoms with E-state index in [2.05, 4.69) is 12.1 Å². The van der Waals surface area contributed by atoms with Gasteiger partial charge in [0.2, 0.25) is 0 Å². The van der Waals surface area contributed by atoms with E-state index in [1.165, 1.54) is 24.3 Å². The van der Waals surface area contributed by atoms with Crippen LogP contribution in [-0.4, -0.2) is 12.2 Å². The molecule has 0 aliphatic heterocycles. The van der Waals surface area contributed by atoms with Crippen molar-refractivity contribution in [2.24, 2.45) is 0 Å². The smallest absolute Gasteiger partial charge is 0.165 e. The topological polar surface area (TPSA) is 29.5 Å². The first-order valence-electron chi connectivity index (χ1n) is 7.30. The van der Waals surface area contributed by atoms with Crippen LogP contribution in [0.3, 0.4) is 0 Å². The number of aliphatic hydroxyl groups is 1. The van der Waals surface area contributed by atoms with E-state index in [0.29, 0.717) is 5.56 Å². The number of halogens is 1. The molecule has 0 saturated carbocycles. The average Bonchev–Trinajstić information content (AvgIpc) is 2.53. The molecule has 0 heterocycles. The number of rotatable bonds is 3. The van der Waals surface area contributed by atoms with Gasteiger partial charge in [0.05, 0.1) is 13.2 Å². The van der Waals surface area contributed by atoms with Gasteiger partial charge >= 0.3 is 0 Å². The fourth-order valence-corrected chi connectivity index (χ4v) is 3.22.